The fourth-order valence-electron chi connectivity index (χ4n) is 0.888. The number of ether oxygens (including phenoxy) is 1. The first-order chi connectivity index (χ1) is 6.19. The van der Waals surface area contributed by atoms with Crippen LogP contribution in [0.15, 0.2) is 12.1 Å². The average Bonchev–Trinajstić information content (AvgIpc) is 2.17. The zero-order valence-electron chi connectivity index (χ0n) is 7.50. The summed E-state index contributed by atoms with van der Waals surface area (Å²) in [4.78, 5) is 15.0. The Morgan fingerprint density at radius 1 is 1.62 bits per heavy atom. The van der Waals surface area contributed by atoms with E-state index in [0.717, 1.165) is 0 Å². The van der Waals surface area contributed by atoms with Gasteiger partial charge in [-0.3, -0.25) is 0 Å². The highest BCUT2D eigenvalue weighted by Gasteiger charge is 2.08. The van der Waals surface area contributed by atoms with E-state index >= 15 is 0 Å². The number of nitrogens with two attached hydrogens (primary N) is 1. The number of aromatic nitrogens is 1. The van der Waals surface area contributed by atoms with Crippen molar-refractivity contribution in [3.05, 3.63) is 17.8 Å². The number of carbonyl (C=O) groups is 1. The molecule has 13 heavy (non-hydrogen) atoms. The maximum atomic E-state index is 11.0. The van der Waals surface area contributed by atoms with Crippen LogP contribution in [0.25, 0.3) is 0 Å². The first kappa shape index (κ1) is 9.31. The number of nitrogens with one attached hydrogen (secondary N) is 1. The normalized spacial score (nSPS) is 9.38. The van der Waals surface area contributed by atoms with Crippen LogP contribution in [0, 0.1) is 0 Å². The van der Waals surface area contributed by atoms with Gasteiger partial charge in [0.2, 0.25) is 0 Å². The molecule has 0 aliphatic heterocycles. The van der Waals surface area contributed by atoms with Gasteiger partial charge in [-0.25, -0.2) is 9.78 Å². The van der Waals surface area contributed by atoms with Crippen molar-refractivity contribution in [3.8, 4) is 0 Å². The van der Waals surface area contributed by atoms with E-state index in [4.69, 9.17) is 5.73 Å². The fourth-order valence-corrected chi connectivity index (χ4v) is 0.888. The molecule has 0 fully saturated rings. The van der Waals surface area contributed by atoms with Crippen LogP contribution in [0.4, 0.5) is 11.5 Å². The second-order valence-electron chi connectivity index (χ2n) is 2.38. The van der Waals surface area contributed by atoms with Crippen LogP contribution in [-0.4, -0.2) is 25.1 Å². The standard InChI is InChI=1S/C8H11N3O2/c1-10-7-5(9)3-4-6(11-7)8(12)13-2/h3-4H,9H2,1-2H3,(H,10,11). The predicted octanol–water partition coefficient (Wildman–Crippen LogP) is 0.492. The number of rotatable bonds is 2. The molecule has 0 amide bonds. The van der Waals surface area contributed by atoms with Gasteiger partial charge in [0.25, 0.3) is 0 Å². The highest BCUT2D eigenvalue weighted by atomic mass is 16.5. The largest absolute Gasteiger partial charge is 0.464 e. The summed E-state index contributed by atoms with van der Waals surface area (Å²) >= 11 is 0. The highest BCUT2D eigenvalue weighted by Crippen LogP contribution is 2.14. The Labute approximate surface area is 75.9 Å². The lowest BCUT2D eigenvalue weighted by Gasteiger charge is -2.04. The molecule has 70 valence electrons. The van der Waals surface area contributed by atoms with Crippen LogP contribution >= 0.6 is 0 Å². The second-order valence-corrected chi connectivity index (χ2v) is 2.38. The van der Waals surface area contributed by atoms with Gasteiger partial charge >= 0.3 is 5.97 Å². The van der Waals surface area contributed by atoms with E-state index in [9.17, 15) is 4.79 Å². The topological polar surface area (TPSA) is 77.2 Å². The number of carbonyl (C=O) groups excluding carboxylic acids is 1. The van der Waals surface area contributed by atoms with Crippen molar-refractivity contribution >= 4 is 17.5 Å². The molecule has 0 aliphatic rings. The molecule has 0 spiro atoms. The molecule has 5 nitrogen and oxygen atoms in total. The minimum Gasteiger partial charge on any atom is -0.464 e. The lowest BCUT2D eigenvalue weighted by molar-refractivity contribution is 0.0594. The first-order valence-electron chi connectivity index (χ1n) is 3.71. The molecule has 0 bridgehead atoms. The van der Waals surface area contributed by atoms with E-state index in [1.54, 1.807) is 13.1 Å². The maximum absolute atomic E-state index is 11.0. The third-order valence-corrected chi connectivity index (χ3v) is 1.56. The van der Waals surface area contributed by atoms with Crippen LogP contribution < -0.4 is 11.1 Å². The van der Waals surface area contributed by atoms with Gasteiger partial charge in [0.05, 0.1) is 12.8 Å². The van der Waals surface area contributed by atoms with Crippen LogP contribution in [0.3, 0.4) is 0 Å². The number of esters is 1. The van der Waals surface area contributed by atoms with Gasteiger partial charge in [0.15, 0.2) is 5.69 Å². The van der Waals surface area contributed by atoms with Gasteiger partial charge in [-0.05, 0) is 12.1 Å². The molecule has 0 saturated heterocycles. The van der Waals surface area contributed by atoms with Crippen LogP contribution in [-0.2, 0) is 4.74 Å². The molecular weight excluding hydrogens is 170 g/mol. The molecule has 0 atom stereocenters. The number of hydrogen-bond acceptors (Lipinski definition) is 5. The number of methoxy groups -OCH3 is 1. The summed E-state index contributed by atoms with van der Waals surface area (Å²) < 4.78 is 4.51. The molecule has 0 aliphatic carbocycles. The average molecular weight is 181 g/mol. The van der Waals surface area contributed by atoms with Gasteiger partial charge in [0, 0.05) is 7.05 Å². The monoisotopic (exact) mass is 181 g/mol. The number of nitrogens with zero attached hydrogens (tertiary/aromatic N) is 1. The minimum atomic E-state index is -0.475. The van der Waals surface area contributed by atoms with Crippen molar-refractivity contribution in [2.45, 2.75) is 0 Å². The smallest absolute Gasteiger partial charge is 0.356 e. The van der Waals surface area contributed by atoms with Gasteiger partial charge in [-0.1, -0.05) is 0 Å². The molecule has 0 unspecified atom stereocenters. The molecule has 1 heterocycles. The SMILES string of the molecule is CNc1nc(C(=O)OC)ccc1N. The Kier molecular flexibility index (Phi) is 2.69. The Morgan fingerprint density at radius 3 is 2.85 bits per heavy atom. The van der Waals surface area contributed by atoms with E-state index in [-0.39, 0.29) is 5.69 Å². The molecule has 1 rings (SSSR count). The molecule has 1 aromatic heterocycles. The van der Waals surface area contributed by atoms with Crippen LogP contribution in [0.1, 0.15) is 10.5 Å². The molecule has 0 radical (unpaired) electrons. The van der Waals surface area contributed by atoms with E-state index in [1.807, 2.05) is 0 Å². The molecule has 1 aromatic rings. The first-order valence-corrected chi connectivity index (χ1v) is 3.71. The van der Waals surface area contributed by atoms with Gasteiger partial charge in [-0.15, -0.1) is 0 Å². The van der Waals surface area contributed by atoms with Crippen molar-refractivity contribution < 1.29 is 9.53 Å². The van der Waals surface area contributed by atoms with Crippen molar-refractivity contribution in [2.75, 3.05) is 25.2 Å². The maximum Gasteiger partial charge on any atom is 0.356 e. The van der Waals surface area contributed by atoms with Crippen molar-refractivity contribution in [1.29, 1.82) is 0 Å². The summed E-state index contributed by atoms with van der Waals surface area (Å²) in [5.41, 5.74) is 6.30. The lowest BCUT2D eigenvalue weighted by atomic mass is 10.3. The third kappa shape index (κ3) is 1.87. The van der Waals surface area contributed by atoms with Gasteiger partial charge in [0.1, 0.15) is 5.82 Å². The summed E-state index contributed by atoms with van der Waals surface area (Å²) in [7, 11) is 2.99. The summed E-state index contributed by atoms with van der Waals surface area (Å²) in [5.74, 6) is -0.000556. The van der Waals surface area contributed by atoms with Crippen molar-refractivity contribution in [3.63, 3.8) is 0 Å². The van der Waals surface area contributed by atoms with Gasteiger partial charge < -0.3 is 15.8 Å². The fraction of sp³-hybridized carbons (Fsp3) is 0.250. The molecule has 0 aromatic carbocycles. The number of pyridine rings is 1. The second kappa shape index (κ2) is 3.75. The number of anilines is 2. The number of hydrogen-bond donors (Lipinski definition) is 2. The summed E-state index contributed by atoms with van der Waals surface area (Å²) in [5, 5.41) is 2.77. The Bertz CT molecular complexity index is 325. The van der Waals surface area contributed by atoms with Crippen molar-refractivity contribution in [2.24, 2.45) is 0 Å². The van der Waals surface area contributed by atoms with Crippen LogP contribution in [0.5, 0.6) is 0 Å². The third-order valence-electron chi connectivity index (χ3n) is 1.56. The molecule has 5 heteroatoms. The quantitative estimate of drug-likeness (QED) is 0.649. The minimum absolute atomic E-state index is 0.237. The summed E-state index contributed by atoms with van der Waals surface area (Å²) in [6.07, 6.45) is 0. The zero-order valence-corrected chi connectivity index (χ0v) is 7.50. The van der Waals surface area contributed by atoms with E-state index in [1.165, 1.54) is 13.2 Å². The highest BCUT2D eigenvalue weighted by molar-refractivity contribution is 5.88. The van der Waals surface area contributed by atoms with Crippen LogP contribution in [0.2, 0.25) is 0 Å². The molecule has 0 saturated carbocycles. The molecule has 3 N–H and O–H groups in total. The lowest BCUT2D eigenvalue weighted by Crippen LogP contribution is -2.07. The Balaban J connectivity index is 3.06. The Hall–Kier alpha value is -1.78. The van der Waals surface area contributed by atoms with E-state index in [2.05, 4.69) is 15.0 Å². The summed E-state index contributed by atoms with van der Waals surface area (Å²) in [6.45, 7) is 0. The van der Waals surface area contributed by atoms with E-state index < -0.39 is 5.97 Å². The van der Waals surface area contributed by atoms with E-state index in [0.29, 0.717) is 11.5 Å². The summed E-state index contributed by atoms with van der Waals surface area (Å²) in [6, 6.07) is 3.12. The molecular formula is C8H11N3O2. The van der Waals surface area contributed by atoms with Gasteiger partial charge in [-0.2, -0.15) is 0 Å². The predicted molar refractivity (Wildman–Crippen MR) is 49.5 cm³/mol. The number of nitrogen functional groups attached to an aromatic ring is 1. The Morgan fingerprint density at radius 2 is 2.31 bits per heavy atom. The zero-order chi connectivity index (χ0) is 9.84. The van der Waals surface area contributed by atoms with Crippen molar-refractivity contribution in [1.82, 2.24) is 4.98 Å².